The number of amides is 1. The van der Waals surface area contributed by atoms with Gasteiger partial charge >= 0.3 is 6.09 Å². The summed E-state index contributed by atoms with van der Waals surface area (Å²) in [5, 5.41) is 23.4. The second-order valence-corrected chi connectivity index (χ2v) is 11.0. The number of rotatable bonds is 12. The number of aromatic nitrogens is 2. The molecule has 2 aromatic carbocycles. The largest absolute Gasteiger partial charge is 0.508 e. The van der Waals surface area contributed by atoms with Gasteiger partial charge in [0.25, 0.3) is 0 Å². The van der Waals surface area contributed by atoms with Gasteiger partial charge in [-0.1, -0.05) is 44.2 Å². The standard InChI is InChI=1S/C26H32N4O6S/c1-19(2)15-30(37(34,35)23-10-8-22(31)9-11-23)16-25(32)24(12-20-6-4-3-5-7-20)29-26(33)36-17-21-13-27-18-28-14-21/h3-11,13-14,18-19,24-25,31-32H,12,15-17H2,1-2H3,(H,29,33). The van der Waals surface area contributed by atoms with Crippen LogP contribution in [-0.4, -0.2) is 64.2 Å². The zero-order chi connectivity index (χ0) is 26.8. The van der Waals surface area contributed by atoms with E-state index in [4.69, 9.17) is 4.74 Å². The van der Waals surface area contributed by atoms with Crippen LogP contribution in [-0.2, 0) is 27.8 Å². The minimum absolute atomic E-state index is 0.00444. The Kier molecular flexibility index (Phi) is 9.95. The van der Waals surface area contributed by atoms with Crippen molar-refractivity contribution in [3.05, 3.63) is 84.4 Å². The van der Waals surface area contributed by atoms with Crippen LogP contribution in [0.2, 0.25) is 0 Å². The lowest BCUT2D eigenvalue weighted by Gasteiger charge is -2.30. The Morgan fingerprint density at radius 2 is 1.65 bits per heavy atom. The van der Waals surface area contributed by atoms with Crippen molar-refractivity contribution in [1.82, 2.24) is 19.6 Å². The van der Waals surface area contributed by atoms with Gasteiger partial charge < -0.3 is 20.3 Å². The van der Waals surface area contributed by atoms with Crippen LogP contribution in [0, 0.1) is 5.92 Å². The molecule has 1 amide bonds. The first-order chi connectivity index (χ1) is 17.6. The number of nitrogens with zero attached hydrogens (tertiary/aromatic N) is 3. The van der Waals surface area contributed by atoms with E-state index in [1.165, 1.54) is 47.3 Å². The Balaban J connectivity index is 1.79. The van der Waals surface area contributed by atoms with Crippen LogP contribution in [0.5, 0.6) is 5.75 Å². The highest BCUT2D eigenvalue weighted by atomic mass is 32.2. The molecule has 0 spiro atoms. The molecule has 3 aromatic rings. The Hall–Kier alpha value is -3.54. The van der Waals surface area contributed by atoms with Crippen LogP contribution in [0.1, 0.15) is 25.0 Å². The normalized spacial score (nSPS) is 13.3. The molecule has 0 aliphatic heterocycles. The summed E-state index contributed by atoms with van der Waals surface area (Å²) in [5.41, 5.74) is 1.45. The fourth-order valence-electron chi connectivity index (χ4n) is 3.68. The van der Waals surface area contributed by atoms with E-state index in [1.807, 2.05) is 44.2 Å². The van der Waals surface area contributed by atoms with E-state index in [-0.39, 0.29) is 42.7 Å². The Labute approximate surface area is 217 Å². The van der Waals surface area contributed by atoms with Crippen LogP contribution in [0.4, 0.5) is 4.79 Å². The molecule has 3 N–H and O–H groups in total. The number of sulfonamides is 1. The third kappa shape index (κ3) is 8.52. The number of ether oxygens (including phenoxy) is 1. The molecule has 1 aromatic heterocycles. The fraction of sp³-hybridized carbons (Fsp3) is 0.346. The molecule has 0 saturated carbocycles. The molecule has 3 rings (SSSR count). The van der Waals surface area contributed by atoms with E-state index >= 15 is 0 Å². The third-order valence-electron chi connectivity index (χ3n) is 5.48. The average Bonchev–Trinajstić information content (AvgIpc) is 2.88. The lowest BCUT2D eigenvalue weighted by molar-refractivity contribution is 0.0872. The second kappa shape index (κ2) is 13.1. The summed E-state index contributed by atoms with van der Waals surface area (Å²) >= 11 is 0. The Morgan fingerprint density at radius 1 is 1.00 bits per heavy atom. The number of nitrogens with one attached hydrogen (secondary N) is 1. The molecule has 198 valence electrons. The lowest BCUT2D eigenvalue weighted by atomic mass is 10.0. The van der Waals surface area contributed by atoms with Crippen molar-refractivity contribution in [2.24, 2.45) is 5.92 Å². The molecule has 0 fully saturated rings. The minimum atomic E-state index is -3.98. The number of phenols is 1. The maximum atomic E-state index is 13.4. The van der Waals surface area contributed by atoms with Gasteiger partial charge in [-0.2, -0.15) is 4.31 Å². The first-order valence-electron chi connectivity index (χ1n) is 11.8. The number of aliphatic hydroxyl groups excluding tert-OH is 1. The summed E-state index contributed by atoms with van der Waals surface area (Å²) in [7, 11) is -3.98. The van der Waals surface area contributed by atoms with Gasteiger partial charge in [0.1, 0.15) is 18.7 Å². The molecular weight excluding hydrogens is 496 g/mol. The number of hydrogen-bond donors (Lipinski definition) is 3. The second-order valence-electron chi connectivity index (χ2n) is 9.04. The fourth-order valence-corrected chi connectivity index (χ4v) is 5.30. The summed E-state index contributed by atoms with van der Waals surface area (Å²) in [6.45, 7) is 3.57. The molecule has 0 aliphatic carbocycles. The van der Waals surface area contributed by atoms with Crippen molar-refractivity contribution in [1.29, 1.82) is 0 Å². The average molecular weight is 529 g/mol. The maximum Gasteiger partial charge on any atom is 0.407 e. The lowest BCUT2D eigenvalue weighted by Crippen LogP contribution is -2.51. The van der Waals surface area contributed by atoms with Crippen molar-refractivity contribution in [3.63, 3.8) is 0 Å². The predicted molar refractivity (Wildman–Crippen MR) is 137 cm³/mol. The monoisotopic (exact) mass is 528 g/mol. The highest BCUT2D eigenvalue weighted by molar-refractivity contribution is 7.89. The number of carbonyl (C=O) groups is 1. The van der Waals surface area contributed by atoms with Crippen LogP contribution in [0.25, 0.3) is 0 Å². The van der Waals surface area contributed by atoms with Gasteiger partial charge in [-0.25, -0.2) is 23.2 Å². The number of alkyl carbamates (subject to hydrolysis) is 1. The summed E-state index contributed by atoms with van der Waals surface area (Å²) in [6, 6.07) is 13.6. The van der Waals surface area contributed by atoms with E-state index in [0.717, 1.165) is 5.56 Å². The summed E-state index contributed by atoms with van der Waals surface area (Å²) < 4.78 is 33.2. The molecule has 1 heterocycles. The van der Waals surface area contributed by atoms with Gasteiger partial charge in [-0.15, -0.1) is 0 Å². The number of hydrogen-bond acceptors (Lipinski definition) is 8. The smallest absolute Gasteiger partial charge is 0.407 e. The predicted octanol–water partition coefficient (Wildman–Crippen LogP) is 2.73. The zero-order valence-electron chi connectivity index (χ0n) is 20.8. The molecule has 0 bridgehead atoms. The van der Waals surface area contributed by atoms with Crippen molar-refractivity contribution in [2.45, 2.75) is 43.9 Å². The van der Waals surface area contributed by atoms with Gasteiger partial charge in [-0.3, -0.25) is 0 Å². The Morgan fingerprint density at radius 3 is 2.27 bits per heavy atom. The number of phenolic OH excluding ortho intramolecular Hbond substituents is 1. The van der Waals surface area contributed by atoms with Crippen LogP contribution in [0.3, 0.4) is 0 Å². The SMILES string of the molecule is CC(C)CN(CC(O)C(Cc1ccccc1)NC(=O)OCc1cncnc1)S(=O)(=O)c1ccc(O)cc1. The molecule has 10 nitrogen and oxygen atoms in total. The Bertz CT molecular complexity index is 1220. The highest BCUT2D eigenvalue weighted by Gasteiger charge is 2.31. The first-order valence-corrected chi connectivity index (χ1v) is 13.3. The van der Waals surface area contributed by atoms with E-state index in [9.17, 15) is 23.4 Å². The summed E-state index contributed by atoms with van der Waals surface area (Å²) in [4.78, 5) is 20.3. The van der Waals surface area contributed by atoms with Crippen LogP contribution in [0.15, 0.2) is 78.2 Å². The number of aromatic hydroxyl groups is 1. The molecule has 2 unspecified atom stereocenters. The van der Waals surface area contributed by atoms with Crippen molar-refractivity contribution in [2.75, 3.05) is 13.1 Å². The van der Waals surface area contributed by atoms with Gasteiger partial charge in [0, 0.05) is 31.0 Å². The molecule has 0 aliphatic rings. The zero-order valence-corrected chi connectivity index (χ0v) is 21.6. The van der Waals surface area contributed by atoms with Crippen LogP contribution < -0.4 is 5.32 Å². The molecule has 37 heavy (non-hydrogen) atoms. The van der Waals surface area contributed by atoms with E-state index in [0.29, 0.717) is 5.56 Å². The van der Waals surface area contributed by atoms with Crippen molar-refractivity contribution < 1.29 is 28.2 Å². The summed E-state index contributed by atoms with van der Waals surface area (Å²) in [6.07, 6.45) is 2.65. The highest BCUT2D eigenvalue weighted by Crippen LogP contribution is 2.21. The van der Waals surface area contributed by atoms with Crippen molar-refractivity contribution in [3.8, 4) is 5.75 Å². The van der Waals surface area contributed by atoms with E-state index in [1.54, 1.807) is 0 Å². The quantitative estimate of drug-likeness (QED) is 0.326. The van der Waals surface area contributed by atoms with Gasteiger partial charge in [-0.05, 0) is 42.2 Å². The molecule has 0 saturated heterocycles. The maximum absolute atomic E-state index is 13.4. The van der Waals surface area contributed by atoms with Gasteiger partial charge in [0.05, 0.1) is 17.0 Å². The topological polar surface area (TPSA) is 142 Å². The van der Waals surface area contributed by atoms with Gasteiger partial charge in [0.2, 0.25) is 10.0 Å². The first kappa shape index (κ1) is 28.0. The molecule has 2 atom stereocenters. The third-order valence-corrected chi connectivity index (χ3v) is 7.33. The van der Waals surface area contributed by atoms with E-state index < -0.39 is 28.3 Å². The van der Waals surface area contributed by atoms with Crippen LogP contribution >= 0.6 is 0 Å². The van der Waals surface area contributed by atoms with E-state index in [2.05, 4.69) is 15.3 Å². The molecular formula is C26H32N4O6S. The number of benzene rings is 2. The number of aliphatic hydroxyl groups is 1. The van der Waals surface area contributed by atoms with Gasteiger partial charge in [0.15, 0.2) is 0 Å². The number of carbonyl (C=O) groups excluding carboxylic acids is 1. The molecule has 0 radical (unpaired) electrons. The summed E-state index contributed by atoms with van der Waals surface area (Å²) in [5.74, 6) is -0.0835. The minimum Gasteiger partial charge on any atom is -0.508 e. The van der Waals surface area contributed by atoms with Crippen molar-refractivity contribution >= 4 is 16.1 Å². The molecule has 11 heteroatoms.